The molecule has 0 aliphatic rings. The first kappa shape index (κ1) is 26.6. The van der Waals surface area contributed by atoms with Gasteiger partial charge in [-0.1, -0.05) is 48.5 Å². The van der Waals surface area contributed by atoms with Gasteiger partial charge in [0, 0.05) is 24.3 Å². The topological polar surface area (TPSA) is 0 Å². The minimum absolute atomic E-state index is 0. The standard InChI is InChI=1S/C24H12BF8.K/c26-17-1-13(2-18(27)9-17)25(14-3-19(28)10-20(29)4-14,15-5-21(30)11-22(31)6-15)16-7-23(32)12-24(33)8-16;/h1-12H;/q-1;+1. The molecule has 34 heavy (non-hydrogen) atoms. The van der Waals surface area contributed by atoms with Gasteiger partial charge in [-0.15, -0.1) is 0 Å². The van der Waals surface area contributed by atoms with Crippen molar-refractivity contribution in [2.24, 2.45) is 0 Å². The number of hydrogen-bond acceptors (Lipinski definition) is 0. The van der Waals surface area contributed by atoms with Crippen LogP contribution in [0.5, 0.6) is 0 Å². The van der Waals surface area contributed by atoms with Gasteiger partial charge in [0.1, 0.15) is 52.7 Å². The van der Waals surface area contributed by atoms with Crippen LogP contribution in [0.25, 0.3) is 0 Å². The average molecular weight is 502 g/mol. The summed E-state index contributed by atoms with van der Waals surface area (Å²) in [6.45, 7) is 0. The average Bonchev–Trinajstić information content (AvgIpc) is 2.65. The largest absolute Gasteiger partial charge is 1.00 e. The second kappa shape index (κ2) is 10.3. The van der Waals surface area contributed by atoms with E-state index in [2.05, 4.69) is 0 Å². The van der Waals surface area contributed by atoms with Gasteiger partial charge in [-0.05, 0) is 0 Å². The van der Waals surface area contributed by atoms with E-state index in [1.165, 1.54) is 0 Å². The minimum Gasteiger partial charge on any atom is -0.207 e. The third-order valence-electron chi connectivity index (χ3n) is 5.54. The Labute approximate surface area is 232 Å². The van der Waals surface area contributed by atoms with Gasteiger partial charge in [-0.25, -0.2) is 35.1 Å². The zero-order valence-corrected chi connectivity index (χ0v) is 20.7. The Hall–Kier alpha value is -1.98. The van der Waals surface area contributed by atoms with E-state index in [1.54, 1.807) is 0 Å². The molecule has 4 rings (SSSR count). The fourth-order valence-electron chi connectivity index (χ4n) is 4.46. The Balaban J connectivity index is 0.00000324. The molecule has 0 heterocycles. The first-order valence-corrected chi connectivity index (χ1v) is 9.59. The molecule has 0 unspecified atom stereocenters. The van der Waals surface area contributed by atoms with E-state index in [4.69, 9.17) is 0 Å². The van der Waals surface area contributed by atoms with Crippen LogP contribution in [0, 0.1) is 46.5 Å². The first-order valence-electron chi connectivity index (χ1n) is 9.59. The summed E-state index contributed by atoms with van der Waals surface area (Å²) in [6.07, 6.45) is -3.29. The number of halogens is 8. The van der Waals surface area contributed by atoms with Crippen LogP contribution in [0.4, 0.5) is 35.1 Å². The van der Waals surface area contributed by atoms with Gasteiger partial charge in [0.2, 0.25) is 0 Å². The molecule has 0 atom stereocenters. The Bertz CT molecular complexity index is 1080. The van der Waals surface area contributed by atoms with Gasteiger partial charge in [-0.3, -0.25) is 0 Å². The molecule has 0 amide bonds. The van der Waals surface area contributed by atoms with E-state index in [9.17, 15) is 35.1 Å². The summed E-state index contributed by atoms with van der Waals surface area (Å²) in [5, 5.41) is 0. The number of hydrogen-bond donors (Lipinski definition) is 0. The summed E-state index contributed by atoms with van der Waals surface area (Å²) in [5.41, 5.74) is -1.42. The molecule has 0 aromatic heterocycles. The van der Waals surface area contributed by atoms with Crippen LogP contribution in [0.3, 0.4) is 0 Å². The van der Waals surface area contributed by atoms with Gasteiger partial charge in [0.15, 0.2) is 0 Å². The fourth-order valence-corrected chi connectivity index (χ4v) is 4.46. The summed E-state index contributed by atoms with van der Waals surface area (Å²) < 4.78 is 114. The van der Waals surface area contributed by atoms with Crippen molar-refractivity contribution in [2.75, 3.05) is 0 Å². The molecule has 0 fully saturated rings. The summed E-state index contributed by atoms with van der Waals surface area (Å²) >= 11 is 0. The number of benzene rings is 4. The van der Waals surface area contributed by atoms with Crippen LogP contribution >= 0.6 is 0 Å². The van der Waals surface area contributed by atoms with Crippen molar-refractivity contribution < 1.29 is 86.5 Å². The van der Waals surface area contributed by atoms with Crippen molar-refractivity contribution >= 4 is 28.0 Å². The second-order valence-electron chi connectivity index (χ2n) is 7.68. The smallest absolute Gasteiger partial charge is 0.207 e. The maximum Gasteiger partial charge on any atom is 1.00 e. The van der Waals surface area contributed by atoms with Crippen LogP contribution in [0.2, 0.25) is 0 Å². The van der Waals surface area contributed by atoms with Gasteiger partial charge in [0.25, 0.3) is 0 Å². The molecule has 0 saturated heterocycles. The van der Waals surface area contributed by atoms with Crippen molar-refractivity contribution in [2.45, 2.75) is 0 Å². The predicted molar refractivity (Wildman–Crippen MR) is 110 cm³/mol. The van der Waals surface area contributed by atoms with Crippen molar-refractivity contribution in [3.63, 3.8) is 0 Å². The summed E-state index contributed by atoms with van der Waals surface area (Å²) in [5.74, 6) is -8.99. The van der Waals surface area contributed by atoms with Crippen molar-refractivity contribution in [3.05, 3.63) is 119 Å². The molecule has 0 bridgehead atoms. The monoisotopic (exact) mass is 502 g/mol. The molecule has 0 aliphatic carbocycles. The molecule has 0 aliphatic heterocycles. The molecule has 168 valence electrons. The van der Waals surface area contributed by atoms with Crippen LogP contribution < -0.4 is 73.2 Å². The zero-order chi connectivity index (χ0) is 23.9. The maximum atomic E-state index is 14.3. The maximum absolute atomic E-state index is 14.3. The van der Waals surface area contributed by atoms with Crippen molar-refractivity contribution in [1.82, 2.24) is 0 Å². The SMILES string of the molecule is Fc1cc(F)cc([B-](c2cc(F)cc(F)c2)(c2cc(F)cc(F)c2)c2cc(F)cc(F)c2)c1.[K+]. The molecule has 0 radical (unpaired) electrons. The van der Waals surface area contributed by atoms with E-state index in [0.717, 1.165) is 48.5 Å². The van der Waals surface area contributed by atoms with E-state index in [0.29, 0.717) is 24.3 Å². The molecular weight excluding hydrogens is 490 g/mol. The first-order chi connectivity index (χ1) is 15.6. The molecule has 4 aromatic carbocycles. The Kier molecular flexibility index (Phi) is 8.09. The normalized spacial score (nSPS) is 11.3. The van der Waals surface area contributed by atoms with Crippen molar-refractivity contribution in [1.29, 1.82) is 0 Å². The van der Waals surface area contributed by atoms with Gasteiger partial charge >= 0.3 is 51.4 Å². The van der Waals surface area contributed by atoms with Gasteiger partial charge in [0.05, 0.1) is 0 Å². The molecule has 0 N–H and O–H groups in total. The molecular formula is C24H12BF8K. The van der Waals surface area contributed by atoms with E-state index < -0.39 is 52.7 Å². The third-order valence-corrected chi connectivity index (χ3v) is 5.54. The predicted octanol–water partition coefficient (Wildman–Crippen LogP) is 1.18. The molecule has 0 saturated carbocycles. The van der Waals surface area contributed by atoms with Crippen LogP contribution in [-0.2, 0) is 0 Å². The van der Waals surface area contributed by atoms with E-state index in [-0.39, 0.29) is 73.2 Å². The second-order valence-corrected chi connectivity index (χ2v) is 7.68. The molecule has 0 nitrogen and oxygen atoms in total. The van der Waals surface area contributed by atoms with E-state index in [1.807, 2.05) is 0 Å². The quantitative estimate of drug-likeness (QED) is 0.291. The molecule has 0 spiro atoms. The summed E-state index contributed by atoms with van der Waals surface area (Å²) in [7, 11) is 0. The molecule has 10 heteroatoms. The Morgan fingerprint density at radius 3 is 0.588 bits per heavy atom. The zero-order valence-electron chi connectivity index (χ0n) is 17.5. The minimum atomic E-state index is -3.29. The van der Waals surface area contributed by atoms with Gasteiger partial charge in [-0.2, -0.15) is 21.9 Å². The van der Waals surface area contributed by atoms with Gasteiger partial charge < -0.3 is 0 Å². The van der Waals surface area contributed by atoms with Crippen LogP contribution in [0.1, 0.15) is 0 Å². The van der Waals surface area contributed by atoms with Crippen LogP contribution in [0.15, 0.2) is 72.8 Å². The van der Waals surface area contributed by atoms with Crippen molar-refractivity contribution in [3.8, 4) is 0 Å². The third kappa shape index (κ3) is 5.16. The summed E-state index contributed by atoms with van der Waals surface area (Å²) in [4.78, 5) is 0. The fraction of sp³-hybridized carbons (Fsp3) is 0. The molecule has 4 aromatic rings. The number of rotatable bonds is 4. The van der Waals surface area contributed by atoms with E-state index >= 15 is 0 Å². The van der Waals surface area contributed by atoms with Crippen LogP contribution in [-0.4, -0.2) is 6.15 Å². The Morgan fingerprint density at radius 1 is 0.294 bits per heavy atom. The summed E-state index contributed by atoms with van der Waals surface area (Å²) in [6, 6.07) is 8.24. The Morgan fingerprint density at radius 2 is 0.441 bits per heavy atom.